The molecule has 1 N–H and O–H groups in total. The number of sulfonamides is 1. The fraction of sp³-hybridized carbons (Fsp3) is 0.286. The second-order valence-corrected chi connectivity index (χ2v) is 9.02. The Balaban J connectivity index is 1.73. The maximum absolute atomic E-state index is 13.0. The Morgan fingerprint density at radius 1 is 1.10 bits per heavy atom. The molecule has 0 unspecified atom stereocenters. The second kappa shape index (κ2) is 9.19. The highest BCUT2D eigenvalue weighted by Gasteiger charge is 2.27. The normalized spacial score (nSPS) is 15.2. The van der Waals surface area contributed by atoms with E-state index in [1.807, 2.05) is 0 Å². The molecule has 9 heteroatoms. The number of carbonyl (C=O) groups is 1. The predicted molar refractivity (Wildman–Crippen MR) is 115 cm³/mol. The predicted octanol–water partition coefficient (Wildman–Crippen LogP) is 3.73. The molecule has 1 aliphatic heterocycles. The van der Waals surface area contributed by atoms with Crippen LogP contribution in [0.3, 0.4) is 0 Å². The van der Waals surface area contributed by atoms with Crippen LogP contribution >= 0.6 is 0 Å². The molecule has 2 aromatic carbocycles. The van der Waals surface area contributed by atoms with Crippen molar-refractivity contribution in [1.29, 1.82) is 0 Å². The molecule has 3 rings (SSSR count). The van der Waals surface area contributed by atoms with E-state index in [4.69, 9.17) is 0 Å². The summed E-state index contributed by atoms with van der Waals surface area (Å²) in [5, 5.41) is 13.3. The smallest absolute Gasteiger partial charge is 0.269 e. The fourth-order valence-corrected chi connectivity index (χ4v) is 5.03. The van der Waals surface area contributed by atoms with Gasteiger partial charge in [0.15, 0.2) is 0 Å². The number of nitrogens with one attached hydrogen (secondary N) is 1. The minimum absolute atomic E-state index is 0.0290. The Morgan fingerprint density at radius 3 is 2.40 bits per heavy atom. The van der Waals surface area contributed by atoms with Crippen LogP contribution in [0.2, 0.25) is 0 Å². The number of piperidine rings is 1. The first-order chi connectivity index (χ1) is 14.3. The van der Waals surface area contributed by atoms with Gasteiger partial charge in [0.1, 0.15) is 0 Å². The average Bonchev–Trinajstić information content (AvgIpc) is 2.74. The molecule has 0 radical (unpaired) electrons. The molecule has 30 heavy (non-hydrogen) atoms. The van der Waals surface area contributed by atoms with Gasteiger partial charge in [-0.1, -0.05) is 12.5 Å². The zero-order chi connectivity index (χ0) is 21.7. The van der Waals surface area contributed by atoms with E-state index in [-0.39, 0.29) is 10.6 Å². The molecule has 0 bridgehead atoms. The Morgan fingerprint density at radius 2 is 1.77 bits per heavy atom. The quantitative estimate of drug-likeness (QED) is 0.427. The van der Waals surface area contributed by atoms with Gasteiger partial charge in [0.25, 0.3) is 5.69 Å². The molecule has 1 saturated heterocycles. The monoisotopic (exact) mass is 429 g/mol. The number of carbonyl (C=O) groups excluding carboxylic acids is 1. The summed E-state index contributed by atoms with van der Waals surface area (Å²) in [5.74, 6) is -0.432. The minimum Gasteiger partial charge on any atom is -0.322 e. The number of hydrogen-bond acceptors (Lipinski definition) is 5. The van der Waals surface area contributed by atoms with Crippen LogP contribution in [0.5, 0.6) is 0 Å². The van der Waals surface area contributed by atoms with Crippen molar-refractivity contribution in [2.45, 2.75) is 31.1 Å². The third-order valence-corrected chi connectivity index (χ3v) is 6.96. The first kappa shape index (κ1) is 21.7. The van der Waals surface area contributed by atoms with Gasteiger partial charge in [-0.05, 0) is 61.2 Å². The highest BCUT2D eigenvalue weighted by atomic mass is 32.2. The van der Waals surface area contributed by atoms with E-state index in [9.17, 15) is 23.3 Å². The maximum Gasteiger partial charge on any atom is 0.269 e. The van der Waals surface area contributed by atoms with Crippen LogP contribution in [-0.2, 0) is 14.8 Å². The number of nitro benzene ring substituents is 1. The van der Waals surface area contributed by atoms with E-state index in [1.165, 1.54) is 46.8 Å². The molecule has 0 aliphatic carbocycles. The van der Waals surface area contributed by atoms with Gasteiger partial charge in [0.2, 0.25) is 15.9 Å². The van der Waals surface area contributed by atoms with Gasteiger partial charge in [-0.3, -0.25) is 14.9 Å². The number of rotatable bonds is 6. The third kappa shape index (κ3) is 5.11. The highest BCUT2D eigenvalue weighted by Crippen LogP contribution is 2.26. The first-order valence-electron chi connectivity index (χ1n) is 9.62. The summed E-state index contributed by atoms with van der Waals surface area (Å²) in [6.45, 7) is 2.75. The van der Waals surface area contributed by atoms with Crippen molar-refractivity contribution in [3.8, 4) is 0 Å². The molecule has 0 spiro atoms. The average molecular weight is 429 g/mol. The summed E-state index contributed by atoms with van der Waals surface area (Å²) in [4.78, 5) is 22.6. The number of nitrogens with zero attached hydrogens (tertiary/aromatic N) is 2. The highest BCUT2D eigenvalue weighted by molar-refractivity contribution is 7.89. The van der Waals surface area contributed by atoms with Crippen LogP contribution in [-0.4, -0.2) is 36.6 Å². The van der Waals surface area contributed by atoms with Gasteiger partial charge in [-0.25, -0.2) is 8.42 Å². The molecule has 158 valence electrons. The van der Waals surface area contributed by atoms with E-state index < -0.39 is 20.9 Å². The minimum atomic E-state index is -3.61. The standard InChI is InChI=1S/C21H23N3O5S/c1-16-5-9-18(15-20(16)30(28,29)23-13-3-2-4-14-23)22-21(25)12-8-17-6-10-19(11-7-17)24(26)27/h5-12,15H,2-4,13-14H2,1H3,(H,22,25)/b12-8+. The van der Waals surface area contributed by atoms with Crippen molar-refractivity contribution in [1.82, 2.24) is 4.31 Å². The van der Waals surface area contributed by atoms with E-state index >= 15 is 0 Å². The molecule has 1 aliphatic rings. The summed E-state index contributed by atoms with van der Waals surface area (Å²) in [6, 6.07) is 10.6. The van der Waals surface area contributed by atoms with Crippen molar-refractivity contribution < 1.29 is 18.1 Å². The number of non-ortho nitro benzene ring substituents is 1. The van der Waals surface area contributed by atoms with Crippen LogP contribution in [0.1, 0.15) is 30.4 Å². The number of hydrogen-bond donors (Lipinski definition) is 1. The number of benzene rings is 2. The molecule has 0 saturated carbocycles. The summed E-state index contributed by atoms with van der Waals surface area (Å²) in [5.41, 5.74) is 1.61. The Kier molecular flexibility index (Phi) is 6.63. The van der Waals surface area contributed by atoms with Crippen molar-refractivity contribution in [3.05, 3.63) is 69.8 Å². The van der Waals surface area contributed by atoms with Gasteiger partial charge in [-0.2, -0.15) is 4.31 Å². The molecule has 1 amide bonds. The lowest BCUT2D eigenvalue weighted by Gasteiger charge is -2.26. The van der Waals surface area contributed by atoms with Gasteiger partial charge >= 0.3 is 0 Å². The van der Waals surface area contributed by atoms with E-state index in [0.717, 1.165) is 19.3 Å². The van der Waals surface area contributed by atoms with Crippen molar-refractivity contribution in [2.24, 2.45) is 0 Å². The lowest BCUT2D eigenvalue weighted by molar-refractivity contribution is -0.384. The van der Waals surface area contributed by atoms with Crippen molar-refractivity contribution >= 4 is 33.4 Å². The summed E-state index contributed by atoms with van der Waals surface area (Å²) in [6.07, 6.45) is 5.55. The Hall–Kier alpha value is -3.04. The van der Waals surface area contributed by atoms with Gasteiger partial charge in [-0.15, -0.1) is 0 Å². The molecule has 2 aromatic rings. The molecule has 0 aromatic heterocycles. The molecular formula is C21H23N3O5S. The fourth-order valence-electron chi connectivity index (χ4n) is 3.26. The molecular weight excluding hydrogens is 406 g/mol. The number of aryl methyl sites for hydroxylation is 1. The van der Waals surface area contributed by atoms with Crippen molar-refractivity contribution in [2.75, 3.05) is 18.4 Å². The lowest BCUT2D eigenvalue weighted by Crippen LogP contribution is -2.36. The molecule has 0 atom stereocenters. The van der Waals surface area contributed by atoms with Crippen LogP contribution in [0, 0.1) is 17.0 Å². The van der Waals surface area contributed by atoms with Crippen LogP contribution in [0.4, 0.5) is 11.4 Å². The number of anilines is 1. The molecule has 1 fully saturated rings. The SMILES string of the molecule is Cc1ccc(NC(=O)/C=C/c2ccc([N+](=O)[O-])cc2)cc1S(=O)(=O)N1CCCCC1. The van der Waals surface area contributed by atoms with Crippen LogP contribution in [0.15, 0.2) is 53.4 Å². The van der Waals surface area contributed by atoms with Gasteiger partial charge < -0.3 is 5.32 Å². The largest absolute Gasteiger partial charge is 0.322 e. The van der Waals surface area contributed by atoms with Crippen LogP contribution in [0.25, 0.3) is 6.08 Å². The molecule has 8 nitrogen and oxygen atoms in total. The number of nitro groups is 1. The van der Waals surface area contributed by atoms with Gasteiger partial charge in [0, 0.05) is 37.0 Å². The Bertz CT molecular complexity index is 1070. The Labute approximate surface area is 175 Å². The third-order valence-electron chi connectivity index (χ3n) is 4.92. The van der Waals surface area contributed by atoms with Crippen molar-refractivity contribution in [3.63, 3.8) is 0 Å². The maximum atomic E-state index is 13.0. The summed E-state index contributed by atoms with van der Waals surface area (Å²) >= 11 is 0. The summed E-state index contributed by atoms with van der Waals surface area (Å²) in [7, 11) is -3.61. The zero-order valence-electron chi connectivity index (χ0n) is 16.6. The van der Waals surface area contributed by atoms with E-state index in [1.54, 1.807) is 19.1 Å². The topological polar surface area (TPSA) is 110 Å². The summed E-state index contributed by atoms with van der Waals surface area (Å²) < 4.78 is 27.5. The van der Waals surface area contributed by atoms with Crippen LogP contribution < -0.4 is 5.32 Å². The molecule has 1 heterocycles. The second-order valence-electron chi connectivity index (χ2n) is 7.12. The van der Waals surface area contributed by atoms with E-state index in [0.29, 0.717) is 29.9 Å². The van der Waals surface area contributed by atoms with E-state index in [2.05, 4.69) is 5.32 Å². The lowest BCUT2D eigenvalue weighted by atomic mass is 10.2. The van der Waals surface area contributed by atoms with Gasteiger partial charge in [0.05, 0.1) is 9.82 Å². The first-order valence-corrected chi connectivity index (χ1v) is 11.1. The zero-order valence-corrected chi connectivity index (χ0v) is 17.4. The number of amides is 1.